The molecule has 0 spiro atoms. The van der Waals surface area contributed by atoms with Crippen molar-refractivity contribution in [3.8, 4) is 0 Å². The predicted octanol–water partition coefficient (Wildman–Crippen LogP) is 0.721. The number of carbonyl (C=O) groups excluding carboxylic acids is 1. The third-order valence-electron chi connectivity index (χ3n) is 2.41. The molecule has 0 aliphatic carbocycles. The molecule has 1 unspecified atom stereocenters. The van der Waals surface area contributed by atoms with Gasteiger partial charge in [0, 0.05) is 13.1 Å². The Kier molecular flexibility index (Phi) is 4.06. The molecule has 1 N–H and O–H groups in total. The quantitative estimate of drug-likeness (QED) is 0.735. The van der Waals surface area contributed by atoms with Crippen LogP contribution in [0.2, 0.25) is 0 Å². The van der Waals surface area contributed by atoms with E-state index in [9.17, 15) is 9.90 Å². The molecule has 13 heavy (non-hydrogen) atoms. The molecule has 4 heteroatoms. The maximum atomic E-state index is 11.7. The lowest BCUT2D eigenvalue weighted by Gasteiger charge is -2.20. The highest BCUT2D eigenvalue weighted by molar-refractivity contribution is 7.99. The van der Waals surface area contributed by atoms with E-state index >= 15 is 0 Å². The van der Waals surface area contributed by atoms with Crippen LogP contribution in [0.15, 0.2) is 0 Å². The molecule has 2 atom stereocenters. The van der Waals surface area contributed by atoms with Crippen molar-refractivity contribution in [2.45, 2.75) is 31.1 Å². The Hall–Kier alpha value is -0.220. The molecule has 3 nitrogen and oxygen atoms in total. The van der Waals surface area contributed by atoms with E-state index in [0.29, 0.717) is 6.54 Å². The monoisotopic (exact) mass is 203 g/mol. The molecule has 1 fully saturated rings. The number of aliphatic hydroxyl groups is 1. The molecule has 1 heterocycles. The van der Waals surface area contributed by atoms with Crippen molar-refractivity contribution in [2.75, 3.05) is 19.3 Å². The summed E-state index contributed by atoms with van der Waals surface area (Å²) < 4.78 is 0. The average Bonchev–Trinajstić information content (AvgIpc) is 2.54. The van der Waals surface area contributed by atoms with Crippen LogP contribution in [-0.2, 0) is 4.79 Å². The average molecular weight is 203 g/mol. The minimum Gasteiger partial charge on any atom is -0.391 e. The van der Waals surface area contributed by atoms with E-state index in [2.05, 4.69) is 0 Å². The highest BCUT2D eigenvalue weighted by Gasteiger charge is 2.28. The molecule has 0 aromatic heterocycles. The number of nitrogens with zero attached hydrogens (tertiary/aromatic N) is 1. The van der Waals surface area contributed by atoms with Crippen molar-refractivity contribution < 1.29 is 9.90 Å². The number of hydrogen-bond donors (Lipinski definition) is 1. The zero-order chi connectivity index (χ0) is 9.84. The zero-order valence-corrected chi connectivity index (χ0v) is 9.01. The van der Waals surface area contributed by atoms with E-state index in [1.807, 2.05) is 13.2 Å². The Labute approximate surface area is 83.5 Å². The second-order valence-electron chi connectivity index (χ2n) is 3.36. The number of amides is 1. The van der Waals surface area contributed by atoms with Crippen LogP contribution in [0.25, 0.3) is 0 Å². The van der Waals surface area contributed by atoms with Gasteiger partial charge in [0.2, 0.25) is 5.91 Å². The van der Waals surface area contributed by atoms with Gasteiger partial charge in [0.05, 0.1) is 11.4 Å². The van der Waals surface area contributed by atoms with Gasteiger partial charge >= 0.3 is 0 Å². The third kappa shape index (κ3) is 2.61. The lowest BCUT2D eigenvalue weighted by atomic mass is 10.3. The maximum Gasteiger partial charge on any atom is 0.235 e. The van der Waals surface area contributed by atoms with E-state index in [0.717, 1.165) is 19.4 Å². The summed E-state index contributed by atoms with van der Waals surface area (Å²) in [5.74, 6) is 0.187. The van der Waals surface area contributed by atoms with Gasteiger partial charge in [-0.25, -0.2) is 0 Å². The van der Waals surface area contributed by atoms with Gasteiger partial charge in [0.1, 0.15) is 0 Å². The van der Waals surface area contributed by atoms with Gasteiger partial charge in [-0.2, -0.15) is 11.8 Å². The number of hydrogen-bond acceptors (Lipinski definition) is 3. The summed E-state index contributed by atoms with van der Waals surface area (Å²) >= 11 is 1.59. The van der Waals surface area contributed by atoms with Crippen LogP contribution in [-0.4, -0.2) is 46.6 Å². The Bertz CT molecular complexity index is 182. The highest BCUT2D eigenvalue weighted by Crippen LogP contribution is 2.17. The lowest BCUT2D eigenvalue weighted by Crippen LogP contribution is -2.36. The summed E-state index contributed by atoms with van der Waals surface area (Å²) in [5.41, 5.74) is 0. The van der Waals surface area contributed by atoms with Crippen molar-refractivity contribution >= 4 is 17.7 Å². The summed E-state index contributed by atoms with van der Waals surface area (Å²) in [5, 5.41) is 9.35. The summed E-state index contributed by atoms with van der Waals surface area (Å²) in [6.07, 6.45) is 3.25. The zero-order valence-electron chi connectivity index (χ0n) is 8.19. The van der Waals surface area contributed by atoms with E-state index in [4.69, 9.17) is 0 Å². The smallest absolute Gasteiger partial charge is 0.235 e. The Morgan fingerprint density at radius 3 is 2.85 bits per heavy atom. The fourth-order valence-electron chi connectivity index (χ4n) is 1.59. The molecule has 0 radical (unpaired) electrons. The van der Waals surface area contributed by atoms with E-state index in [1.165, 1.54) is 0 Å². The van der Waals surface area contributed by atoms with Crippen LogP contribution in [0, 0.1) is 0 Å². The summed E-state index contributed by atoms with van der Waals surface area (Å²) in [6.45, 7) is 3.26. The Morgan fingerprint density at radius 1 is 1.77 bits per heavy atom. The first-order chi connectivity index (χ1) is 6.19. The van der Waals surface area contributed by atoms with Gasteiger partial charge in [0.15, 0.2) is 0 Å². The largest absolute Gasteiger partial charge is 0.391 e. The van der Waals surface area contributed by atoms with E-state index in [-0.39, 0.29) is 17.3 Å². The molecule has 0 aromatic rings. The molecule has 0 aromatic carbocycles. The predicted molar refractivity (Wildman–Crippen MR) is 54.8 cm³/mol. The number of β-amino-alcohol motifs (C(OH)–C–C–N with tert-alkyl or cyclic N) is 1. The van der Waals surface area contributed by atoms with Gasteiger partial charge in [-0.05, 0) is 19.1 Å². The van der Waals surface area contributed by atoms with Crippen molar-refractivity contribution in [3.63, 3.8) is 0 Å². The SMILES string of the molecule is CCC(SC)C(=O)N1CC[C@@H](O)C1. The first-order valence-corrected chi connectivity index (χ1v) is 5.97. The van der Waals surface area contributed by atoms with Gasteiger partial charge in [0.25, 0.3) is 0 Å². The maximum absolute atomic E-state index is 11.7. The molecular formula is C9H17NO2S. The molecule has 0 saturated carbocycles. The third-order valence-corrected chi connectivity index (χ3v) is 3.51. The Morgan fingerprint density at radius 2 is 2.46 bits per heavy atom. The Balaban J connectivity index is 2.47. The van der Waals surface area contributed by atoms with E-state index in [1.54, 1.807) is 16.7 Å². The molecule has 1 aliphatic heterocycles. The minimum absolute atomic E-state index is 0.0744. The number of likely N-dealkylation sites (tertiary alicyclic amines) is 1. The molecular weight excluding hydrogens is 186 g/mol. The van der Waals surface area contributed by atoms with Crippen molar-refractivity contribution in [2.24, 2.45) is 0 Å². The van der Waals surface area contributed by atoms with Crippen molar-refractivity contribution in [3.05, 3.63) is 0 Å². The van der Waals surface area contributed by atoms with Crippen LogP contribution in [0.3, 0.4) is 0 Å². The summed E-state index contributed by atoms with van der Waals surface area (Å²) in [7, 11) is 0. The number of rotatable bonds is 3. The summed E-state index contributed by atoms with van der Waals surface area (Å²) in [6, 6.07) is 0. The van der Waals surface area contributed by atoms with Crippen LogP contribution < -0.4 is 0 Å². The number of thioether (sulfide) groups is 1. The van der Waals surface area contributed by atoms with Crippen LogP contribution in [0.1, 0.15) is 19.8 Å². The second kappa shape index (κ2) is 4.86. The lowest BCUT2D eigenvalue weighted by molar-refractivity contribution is -0.129. The van der Waals surface area contributed by atoms with Crippen LogP contribution in [0.4, 0.5) is 0 Å². The summed E-state index contributed by atoms with van der Waals surface area (Å²) in [4.78, 5) is 13.5. The number of aliphatic hydroxyl groups excluding tert-OH is 1. The van der Waals surface area contributed by atoms with Gasteiger partial charge in [-0.3, -0.25) is 4.79 Å². The van der Waals surface area contributed by atoms with Crippen LogP contribution >= 0.6 is 11.8 Å². The molecule has 1 rings (SSSR count). The molecule has 1 amide bonds. The van der Waals surface area contributed by atoms with E-state index < -0.39 is 0 Å². The molecule has 0 bridgehead atoms. The van der Waals surface area contributed by atoms with Crippen molar-refractivity contribution in [1.29, 1.82) is 0 Å². The highest BCUT2D eigenvalue weighted by atomic mass is 32.2. The first-order valence-electron chi connectivity index (χ1n) is 4.68. The molecule has 76 valence electrons. The van der Waals surface area contributed by atoms with Gasteiger partial charge < -0.3 is 10.0 Å². The molecule has 1 aliphatic rings. The normalized spacial score (nSPS) is 24.8. The fourth-order valence-corrected chi connectivity index (χ4v) is 2.27. The minimum atomic E-state index is -0.302. The topological polar surface area (TPSA) is 40.5 Å². The second-order valence-corrected chi connectivity index (χ2v) is 4.40. The standard InChI is InChI=1S/C9H17NO2S/c1-3-8(13-2)9(12)10-5-4-7(11)6-10/h7-8,11H,3-6H2,1-2H3/t7-,8?/m1/s1. The number of carbonyl (C=O) groups is 1. The van der Waals surface area contributed by atoms with Crippen molar-refractivity contribution in [1.82, 2.24) is 4.90 Å². The fraction of sp³-hybridized carbons (Fsp3) is 0.889. The van der Waals surface area contributed by atoms with Crippen LogP contribution in [0.5, 0.6) is 0 Å². The van der Waals surface area contributed by atoms with Gasteiger partial charge in [-0.1, -0.05) is 6.92 Å². The first kappa shape index (κ1) is 10.9. The molecule has 1 saturated heterocycles. The van der Waals surface area contributed by atoms with Gasteiger partial charge in [-0.15, -0.1) is 0 Å².